The molecule has 0 bridgehead atoms. The second-order valence-electron chi connectivity index (χ2n) is 13.9. The first-order valence-electron chi connectivity index (χ1n) is 16.4. The van der Waals surface area contributed by atoms with Crippen molar-refractivity contribution in [3.05, 3.63) is 89.0 Å². The number of aryl methyl sites for hydroxylation is 1. The van der Waals surface area contributed by atoms with E-state index in [0.717, 1.165) is 47.8 Å². The van der Waals surface area contributed by atoms with Crippen molar-refractivity contribution in [1.82, 2.24) is 4.98 Å². The van der Waals surface area contributed by atoms with E-state index in [-0.39, 0.29) is 47.9 Å². The Morgan fingerprint density at radius 3 is 1.98 bits per heavy atom. The van der Waals surface area contributed by atoms with Crippen LogP contribution in [0.3, 0.4) is 0 Å². The fourth-order valence-electron chi connectivity index (χ4n) is 5.70. The summed E-state index contributed by atoms with van der Waals surface area (Å²) in [5.41, 5.74) is 3.95. The molecule has 2 heterocycles. The Bertz CT molecular complexity index is 1850. The van der Waals surface area contributed by atoms with Crippen LogP contribution in [0.15, 0.2) is 72.5 Å². The van der Waals surface area contributed by atoms with Crippen molar-refractivity contribution >= 4 is 48.9 Å². The number of aliphatic hydroxyl groups is 1. The first-order chi connectivity index (χ1) is 21.2. The summed E-state index contributed by atoms with van der Waals surface area (Å²) < 4.78 is 1.32. The summed E-state index contributed by atoms with van der Waals surface area (Å²) in [6.07, 6.45) is 4.75. The van der Waals surface area contributed by atoms with E-state index in [9.17, 15) is 9.90 Å². The van der Waals surface area contributed by atoms with Gasteiger partial charge in [0.1, 0.15) is 5.76 Å². The van der Waals surface area contributed by atoms with Crippen molar-refractivity contribution in [2.75, 3.05) is 0 Å². The van der Waals surface area contributed by atoms with Crippen molar-refractivity contribution < 1.29 is 30.0 Å². The molecule has 247 valence electrons. The third-order valence-electron chi connectivity index (χ3n) is 9.93. The van der Waals surface area contributed by atoms with Crippen LogP contribution in [0, 0.1) is 23.8 Å². The van der Waals surface area contributed by atoms with Crippen LogP contribution in [0.2, 0.25) is 0 Å². The van der Waals surface area contributed by atoms with Gasteiger partial charge in [-0.25, -0.2) is 0 Å². The first kappa shape index (κ1) is 37.6. The van der Waals surface area contributed by atoms with E-state index in [4.69, 9.17) is 4.98 Å². The number of ketones is 1. The van der Waals surface area contributed by atoms with E-state index in [0.29, 0.717) is 0 Å². The Morgan fingerprint density at radius 1 is 0.826 bits per heavy atom. The van der Waals surface area contributed by atoms with Crippen LogP contribution in [-0.2, 0) is 30.3 Å². The quantitative estimate of drug-likeness (QED) is 0.0964. The van der Waals surface area contributed by atoms with Gasteiger partial charge in [-0.3, -0.25) is 9.78 Å². The van der Waals surface area contributed by atoms with Crippen molar-refractivity contribution in [2.45, 2.75) is 100 Å². The van der Waals surface area contributed by atoms with Crippen molar-refractivity contribution in [2.24, 2.45) is 10.8 Å². The van der Waals surface area contributed by atoms with Gasteiger partial charge < -0.3 is 5.11 Å². The third kappa shape index (κ3) is 7.64. The minimum Gasteiger partial charge on any atom is -0.512 e. The van der Waals surface area contributed by atoms with Crippen LogP contribution in [0.4, 0.5) is 0 Å². The largest absolute Gasteiger partial charge is 0.512 e. The number of carbonyl (C=O) groups excluding carboxylic acids is 1. The molecule has 0 saturated heterocycles. The van der Waals surface area contributed by atoms with Gasteiger partial charge in [0.25, 0.3) is 0 Å². The number of para-hydroxylation sites is 1. The van der Waals surface area contributed by atoms with E-state index in [1.54, 1.807) is 0 Å². The fraction of sp³-hybridized carbons (Fsp3) is 0.415. The van der Waals surface area contributed by atoms with Gasteiger partial charge in [0.2, 0.25) is 0 Å². The Balaban J connectivity index is 0.000000280. The molecule has 2 aromatic heterocycles. The van der Waals surface area contributed by atoms with Crippen molar-refractivity contribution in [3.8, 4) is 11.3 Å². The number of hydrogen-bond acceptors (Lipinski definition) is 4. The molecule has 0 fully saturated rings. The summed E-state index contributed by atoms with van der Waals surface area (Å²) in [6.45, 7) is 21.1. The van der Waals surface area contributed by atoms with Gasteiger partial charge in [-0.2, -0.15) is 0 Å². The number of aliphatic hydroxyl groups excluding tert-OH is 1. The molecule has 0 unspecified atom stereocenters. The zero-order valence-corrected chi connectivity index (χ0v) is 32.4. The van der Waals surface area contributed by atoms with Crippen LogP contribution >= 0.6 is 11.3 Å². The maximum absolute atomic E-state index is 12.2. The molecule has 0 amide bonds. The minimum absolute atomic E-state index is 0. The molecular formula is C41H50IrNO2S-. The fourth-order valence-corrected chi connectivity index (χ4v) is 6.75. The van der Waals surface area contributed by atoms with Crippen molar-refractivity contribution in [3.63, 3.8) is 0 Å². The summed E-state index contributed by atoms with van der Waals surface area (Å²) in [5.74, 6) is 0.286. The monoisotopic (exact) mass is 813 g/mol. The molecule has 0 spiro atoms. The molecular weight excluding hydrogens is 763 g/mol. The predicted molar refractivity (Wildman–Crippen MR) is 195 cm³/mol. The average Bonchev–Trinajstić information content (AvgIpc) is 3.44. The van der Waals surface area contributed by atoms with Gasteiger partial charge in [-0.15, -0.1) is 40.5 Å². The molecule has 46 heavy (non-hydrogen) atoms. The van der Waals surface area contributed by atoms with Crippen LogP contribution in [0.1, 0.15) is 98.4 Å². The number of fused-ring (bicyclic) bond motifs is 4. The van der Waals surface area contributed by atoms with Crippen LogP contribution in [0.25, 0.3) is 43.0 Å². The Morgan fingerprint density at radius 2 is 1.39 bits per heavy atom. The predicted octanol–water partition coefficient (Wildman–Crippen LogP) is 12.3. The average molecular weight is 813 g/mol. The molecule has 5 heteroatoms. The maximum Gasteiger partial charge on any atom is 0.164 e. The number of hydrogen-bond donors (Lipinski definition) is 1. The third-order valence-corrected chi connectivity index (χ3v) is 11.0. The zero-order chi connectivity index (χ0) is 33.2. The minimum atomic E-state index is -0.337. The molecule has 1 N–H and O–H groups in total. The second-order valence-corrected chi connectivity index (χ2v) is 15.2. The molecule has 3 aromatic carbocycles. The van der Waals surface area contributed by atoms with Gasteiger partial charge in [0, 0.05) is 57.7 Å². The SMILES string of the molecule is CCC(C)(CC)C(=O)/C=C(\O)C(C)(CC)CC.Cc1cc2c(-c3[c-]c4ccccc4c(C(C)(C)C)c3)nc3ccccc3c2s1.[Ir]. The molecule has 1 radical (unpaired) electrons. The summed E-state index contributed by atoms with van der Waals surface area (Å²) in [5, 5.41) is 15.0. The number of allylic oxidation sites excluding steroid dienone is 2. The van der Waals surface area contributed by atoms with Crippen LogP contribution < -0.4 is 0 Å². The van der Waals surface area contributed by atoms with E-state index >= 15 is 0 Å². The standard InChI is InChI=1S/C26H22NS.C15H28O2.Ir/c1-16-13-21-24(27-23-12-8-7-11-20(23)25(21)28-16)18-14-17-9-5-6-10-19(17)22(15-18)26(2,3)4;1-7-14(5,8-2)12(16)11-13(17)15(6,9-3)10-4;/h5-13,15H,1-4H3;11,16H,7-10H2,1-6H3;/q-1;;/b;12-11-;. The molecule has 3 nitrogen and oxygen atoms in total. The zero-order valence-electron chi connectivity index (χ0n) is 29.2. The van der Waals surface area contributed by atoms with Crippen molar-refractivity contribution in [1.29, 1.82) is 0 Å². The van der Waals surface area contributed by atoms with Crippen LogP contribution in [-0.4, -0.2) is 15.9 Å². The summed E-state index contributed by atoms with van der Waals surface area (Å²) in [4.78, 5) is 18.6. The van der Waals surface area contributed by atoms with Gasteiger partial charge in [0.05, 0.1) is 5.52 Å². The van der Waals surface area contributed by atoms with Gasteiger partial charge in [-0.05, 0) is 55.5 Å². The number of carbonyl (C=O) groups is 1. The number of nitrogens with zero attached hydrogens (tertiary/aromatic N) is 1. The van der Waals surface area contributed by atoms with E-state index in [2.05, 4.69) is 94.4 Å². The van der Waals surface area contributed by atoms with Gasteiger partial charge >= 0.3 is 0 Å². The molecule has 5 aromatic rings. The maximum atomic E-state index is 12.2. The summed E-state index contributed by atoms with van der Waals surface area (Å²) in [7, 11) is 0. The first-order valence-corrected chi connectivity index (χ1v) is 17.2. The number of pyridine rings is 1. The van der Waals surface area contributed by atoms with Gasteiger partial charge in [0.15, 0.2) is 5.78 Å². The molecule has 0 atom stereocenters. The molecule has 0 aliphatic heterocycles. The van der Waals surface area contributed by atoms with Crippen LogP contribution in [0.5, 0.6) is 0 Å². The van der Waals surface area contributed by atoms with E-state index < -0.39 is 0 Å². The second kappa shape index (κ2) is 14.9. The summed E-state index contributed by atoms with van der Waals surface area (Å²) >= 11 is 1.85. The Kier molecular flexibility index (Phi) is 12.2. The topological polar surface area (TPSA) is 50.2 Å². The molecule has 0 aliphatic rings. The van der Waals surface area contributed by atoms with Gasteiger partial charge in [-0.1, -0.05) is 110 Å². The normalized spacial score (nSPS) is 12.6. The Labute approximate surface area is 293 Å². The Hall–Kier alpha value is -2.85. The number of aromatic nitrogens is 1. The number of benzene rings is 3. The van der Waals surface area contributed by atoms with E-state index in [1.807, 2.05) is 52.9 Å². The molecule has 0 aliphatic carbocycles. The number of rotatable bonds is 8. The number of thiophene rings is 1. The molecule has 5 rings (SSSR count). The smallest absolute Gasteiger partial charge is 0.164 e. The molecule has 0 saturated carbocycles. The van der Waals surface area contributed by atoms with E-state index in [1.165, 1.54) is 37.4 Å². The summed E-state index contributed by atoms with van der Waals surface area (Å²) in [6, 6.07) is 25.2.